The Bertz CT molecular complexity index is 1320. The molecule has 0 spiro atoms. The highest BCUT2D eigenvalue weighted by Gasteiger charge is 2.16. The summed E-state index contributed by atoms with van der Waals surface area (Å²) >= 11 is 7.49. The molecule has 0 saturated heterocycles. The fourth-order valence-corrected chi connectivity index (χ4v) is 4.20. The molecule has 0 radical (unpaired) electrons. The lowest BCUT2D eigenvalue weighted by Gasteiger charge is -2.14. The SMILES string of the molecule is Cc1cccc(O[C@@H](C)C(=O)NCc2cc(=O)n3nc(-c4ccccc4Cl)sc3n2)c1. The van der Waals surface area contributed by atoms with Gasteiger partial charge in [-0.2, -0.15) is 9.61 Å². The first kappa shape index (κ1) is 21.0. The predicted molar refractivity (Wildman–Crippen MR) is 121 cm³/mol. The van der Waals surface area contributed by atoms with Crippen molar-refractivity contribution in [3.63, 3.8) is 0 Å². The minimum absolute atomic E-state index is 0.103. The summed E-state index contributed by atoms with van der Waals surface area (Å²) in [6, 6.07) is 16.1. The minimum Gasteiger partial charge on any atom is -0.481 e. The number of hydrogen-bond acceptors (Lipinski definition) is 6. The fourth-order valence-electron chi connectivity index (χ4n) is 2.96. The molecule has 158 valence electrons. The Labute approximate surface area is 187 Å². The Morgan fingerprint density at radius 2 is 2.03 bits per heavy atom. The van der Waals surface area contributed by atoms with E-state index in [9.17, 15) is 9.59 Å². The van der Waals surface area contributed by atoms with Gasteiger partial charge in [-0.15, -0.1) is 0 Å². The number of aromatic nitrogens is 3. The van der Waals surface area contributed by atoms with Crippen LogP contribution in [-0.2, 0) is 11.3 Å². The molecule has 0 aliphatic rings. The molecule has 7 nitrogen and oxygen atoms in total. The van der Waals surface area contributed by atoms with Crippen LogP contribution in [0.15, 0.2) is 59.4 Å². The molecule has 2 aromatic carbocycles. The lowest BCUT2D eigenvalue weighted by Crippen LogP contribution is -2.36. The molecule has 1 atom stereocenters. The average Bonchev–Trinajstić information content (AvgIpc) is 3.17. The van der Waals surface area contributed by atoms with Crippen LogP contribution < -0.4 is 15.6 Å². The van der Waals surface area contributed by atoms with Gasteiger partial charge in [0.25, 0.3) is 11.5 Å². The lowest BCUT2D eigenvalue weighted by molar-refractivity contribution is -0.127. The maximum Gasteiger partial charge on any atom is 0.275 e. The van der Waals surface area contributed by atoms with E-state index in [0.29, 0.717) is 26.4 Å². The summed E-state index contributed by atoms with van der Waals surface area (Å²) in [5, 5.41) is 8.23. The van der Waals surface area contributed by atoms with Crippen LogP contribution in [0.5, 0.6) is 5.75 Å². The second-order valence-corrected chi connectivity index (χ2v) is 8.32. The Kier molecular flexibility index (Phi) is 6.01. The number of carbonyl (C=O) groups excluding carboxylic acids is 1. The van der Waals surface area contributed by atoms with E-state index in [1.54, 1.807) is 19.1 Å². The summed E-state index contributed by atoms with van der Waals surface area (Å²) in [6.07, 6.45) is -0.693. The highest BCUT2D eigenvalue weighted by Crippen LogP contribution is 2.30. The summed E-state index contributed by atoms with van der Waals surface area (Å²) in [7, 11) is 0. The van der Waals surface area contributed by atoms with E-state index in [-0.39, 0.29) is 18.0 Å². The molecule has 1 amide bonds. The van der Waals surface area contributed by atoms with Crippen molar-refractivity contribution in [2.45, 2.75) is 26.5 Å². The van der Waals surface area contributed by atoms with Gasteiger partial charge in [-0.25, -0.2) is 4.98 Å². The molecule has 1 N–H and O–H groups in total. The maximum atomic E-state index is 12.5. The Morgan fingerprint density at radius 1 is 1.23 bits per heavy atom. The number of hydrogen-bond donors (Lipinski definition) is 1. The van der Waals surface area contributed by atoms with E-state index >= 15 is 0 Å². The molecule has 2 heterocycles. The quantitative estimate of drug-likeness (QED) is 0.478. The molecule has 4 rings (SSSR count). The highest BCUT2D eigenvalue weighted by molar-refractivity contribution is 7.19. The number of amides is 1. The second kappa shape index (κ2) is 8.87. The van der Waals surface area contributed by atoms with Crippen LogP contribution in [0.3, 0.4) is 0 Å². The Balaban J connectivity index is 1.48. The zero-order valence-corrected chi connectivity index (χ0v) is 18.4. The van der Waals surface area contributed by atoms with Crippen LogP contribution in [0.25, 0.3) is 15.5 Å². The first-order chi connectivity index (χ1) is 14.9. The van der Waals surface area contributed by atoms with Gasteiger partial charge in [0.2, 0.25) is 4.96 Å². The number of nitrogens with zero attached hydrogens (tertiary/aromatic N) is 3. The van der Waals surface area contributed by atoms with E-state index in [2.05, 4.69) is 15.4 Å². The highest BCUT2D eigenvalue weighted by atomic mass is 35.5. The number of nitrogens with one attached hydrogen (secondary N) is 1. The van der Waals surface area contributed by atoms with Crippen LogP contribution >= 0.6 is 22.9 Å². The number of rotatable bonds is 6. The van der Waals surface area contributed by atoms with Crippen LogP contribution in [0.1, 0.15) is 18.2 Å². The number of benzene rings is 2. The topological polar surface area (TPSA) is 85.6 Å². The lowest BCUT2D eigenvalue weighted by atomic mass is 10.2. The summed E-state index contributed by atoms with van der Waals surface area (Å²) in [5.74, 6) is 0.321. The molecule has 0 unspecified atom stereocenters. The van der Waals surface area contributed by atoms with Crippen molar-refractivity contribution < 1.29 is 9.53 Å². The molecule has 0 fully saturated rings. The maximum absolute atomic E-state index is 12.5. The van der Waals surface area contributed by atoms with Gasteiger partial charge in [-0.1, -0.05) is 53.3 Å². The van der Waals surface area contributed by atoms with Gasteiger partial charge in [0.05, 0.1) is 17.3 Å². The predicted octanol–water partition coefficient (Wildman–Crippen LogP) is 3.86. The van der Waals surface area contributed by atoms with Crippen molar-refractivity contribution >= 4 is 33.8 Å². The van der Waals surface area contributed by atoms with Gasteiger partial charge in [0.15, 0.2) is 6.10 Å². The molecular formula is C22H19ClN4O3S. The van der Waals surface area contributed by atoms with E-state index in [0.717, 1.165) is 11.1 Å². The fraction of sp³-hybridized carbons (Fsp3) is 0.182. The molecule has 0 aliphatic heterocycles. The van der Waals surface area contributed by atoms with Gasteiger partial charge >= 0.3 is 0 Å². The molecule has 0 bridgehead atoms. The Morgan fingerprint density at radius 3 is 2.81 bits per heavy atom. The van der Waals surface area contributed by atoms with Crippen LogP contribution in [0.2, 0.25) is 5.02 Å². The molecule has 0 aliphatic carbocycles. The first-order valence-corrected chi connectivity index (χ1v) is 10.8. The molecule has 0 saturated carbocycles. The van der Waals surface area contributed by atoms with Gasteiger partial charge in [0, 0.05) is 11.6 Å². The first-order valence-electron chi connectivity index (χ1n) is 9.56. The summed E-state index contributed by atoms with van der Waals surface area (Å²) in [4.78, 5) is 29.8. The second-order valence-electron chi connectivity index (χ2n) is 6.96. The number of aryl methyl sites for hydroxylation is 1. The van der Waals surface area contributed by atoms with Crippen molar-refractivity contribution in [2.75, 3.05) is 0 Å². The zero-order chi connectivity index (χ0) is 22.0. The van der Waals surface area contributed by atoms with Crippen molar-refractivity contribution in [1.29, 1.82) is 0 Å². The largest absolute Gasteiger partial charge is 0.481 e. The molecule has 4 aromatic rings. The van der Waals surface area contributed by atoms with E-state index in [1.165, 1.54) is 21.9 Å². The van der Waals surface area contributed by atoms with E-state index in [1.807, 2.05) is 43.3 Å². The molecular weight excluding hydrogens is 436 g/mol. The van der Waals surface area contributed by atoms with Crippen molar-refractivity contribution in [3.05, 3.63) is 81.2 Å². The Hall–Kier alpha value is -3.23. The number of halogens is 1. The van der Waals surface area contributed by atoms with Crippen LogP contribution in [-0.4, -0.2) is 26.6 Å². The summed E-state index contributed by atoms with van der Waals surface area (Å²) < 4.78 is 6.92. The van der Waals surface area contributed by atoms with Crippen molar-refractivity contribution in [1.82, 2.24) is 19.9 Å². The van der Waals surface area contributed by atoms with Crippen LogP contribution in [0, 0.1) is 6.92 Å². The third kappa shape index (κ3) is 4.76. The van der Waals surface area contributed by atoms with Crippen molar-refractivity contribution in [2.24, 2.45) is 0 Å². The van der Waals surface area contributed by atoms with Crippen molar-refractivity contribution in [3.8, 4) is 16.3 Å². The summed E-state index contributed by atoms with van der Waals surface area (Å²) in [6.45, 7) is 3.72. The van der Waals surface area contributed by atoms with E-state index < -0.39 is 6.10 Å². The molecule has 31 heavy (non-hydrogen) atoms. The number of ether oxygens (including phenoxy) is 1. The number of carbonyl (C=O) groups is 1. The smallest absolute Gasteiger partial charge is 0.275 e. The van der Waals surface area contributed by atoms with E-state index in [4.69, 9.17) is 16.3 Å². The normalized spacial score (nSPS) is 12.0. The van der Waals surface area contributed by atoms with Gasteiger partial charge < -0.3 is 10.1 Å². The average molecular weight is 455 g/mol. The molecule has 2 aromatic heterocycles. The van der Waals surface area contributed by atoms with Crippen LogP contribution in [0.4, 0.5) is 0 Å². The van der Waals surface area contributed by atoms with Gasteiger partial charge in [-0.3, -0.25) is 9.59 Å². The van der Waals surface area contributed by atoms with Gasteiger partial charge in [-0.05, 0) is 37.6 Å². The minimum atomic E-state index is -0.693. The molecule has 9 heteroatoms. The standard InChI is InChI=1S/C22H19ClN4O3S/c1-13-6-5-7-16(10-13)30-14(2)20(29)24-12-15-11-19(28)27-22(25-15)31-21(26-27)17-8-3-4-9-18(17)23/h3-11,14H,12H2,1-2H3,(H,24,29)/t14-/m0/s1. The van der Waals surface area contributed by atoms with Gasteiger partial charge in [0.1, 0.15) is 10.8 Å². The number of fused-ring (bicyclic) bond motifs is 1. The third-order valence-corrected chi connectivity index (χ3v) is 5.79. The monoisotopic (exact) mass is 454 g/mol. The zero-order valence-electron chi connectivity index (χ0n) is 16.8. The summed E-state index contributed by atoms with van der Waals surface area (Å²) in [5.41, 5.74) is 1.89. The third-order valence-electron chi connectivity index (χ3n) is 4.52.